The van der Waals surface area contributed by atoms with E-state index in [9.17, 15) is 14.4 Å². The van der Waals surface area contributed by atoms with Crippen molar-refractivity contribution >= 4 is 17.9 Å². The van der Waals surface area contributed by atoms with Crippen molar-refractivity contribution in [1.82, 2.24) is 0 Å². The third kappa shape index (κ3) is 62.6. The van der Waals surface area contributed by atoms with Crippen molar-refractivity contribution in [3.8, 4) is 0 Å². The molecule has 0 aliphatic carbocycles. The van der Waals surface area contributed by atoms with Gasteiger partial charge in [0.05, 0.1) is 0 Å². The van der Waals surface area contributed by atoms with E-state index in [1.54, 1.807) is 0 Å². The molecule has 1 unspecified atom stereocenters. The molecule has 0 aliphatic heterocycles. The number of carbonyl (C=O) groups excluding carboxylic acids is 3. The second-order valence-corrected chi connectivity index (χ2v) is 23.1. The van der Waals surface area contributed by atoms with Crippen molar-refractivity contribution in [2.75, 3.05) is 13.2 Å². The fraction of sp³-hybridized carbons (Fsp3) is 0.899. The highest BCUT2D eigenvalue weighted by atomic mass is 16.6. The van der Waals surface area contributed by atoms with E-state index in [2.05, 4.69) is 45.1 Å². The number of carbonyl (C=O) groups is 3. The molecule has 0 aliphatic rings. The lowest BCUT2D eigenvalue weighted by Crippen LogP contribution is -2.30. The van der Waals surface area contributed by atoms with E-state index < -0.39 is 6.10 Å². The van der Waals surface area contributed by atoms with Crippen LogP contribution in [0.15, 0.2) is 24.3 Å². The molecule has 0 bridgehead atoms. The zero-order chi connectivity index (χ0) is 54.3. The molecule has 6 nitrogen and oxygen atoms in total. The van der Waals surface area contributed by atoms with Gasteiger partial charge >= 0.3 is 17.9 Å². The van der Waals surface area contributed by atoms with Gasteiger partial charge in [-0.2, -0.15) is 0 Å². The third-order valence-electron chi connectivity index (χ3n) is 15.4. The number of hydrogen-bond acceptors (Lipinski definition) is 6. The molecular formula is C69H130O6. The average molecular weight is 1060 g/mol. The van der Waals surface area contributed by atoms with Gasteiger partial charge in [-0.3, -0.25) is 14.4 Å². The maximum Gasteiger partial charge on any atom is 0.306 e. The fourth-order valence-corrected chi connectivity index (χ4v) is 10.3. The molecular weight excluding hydrogens is 925 g/mol. The number of rotatable bonds is 63. The van der Waals surface area contributed by atoms with Gasteiger partial charge in [-0.05, 0) is 70.6 Å². The molecule has 0 rings (SSSR count). The summed E-state index contributed by atoms with van der Waals surface area (Å²) in [4.78, 5) is 38.3. The van der Waals surface area contributed by atoms with Crippen molar-refractivity contribution < 1.29 is 28.6 Å². The number of unbranched alkanes of at least 4 members (excludes halogenated alkanes) is 48. The predicted molar refractivity (Wildman–Crippen MR) is 326 cm³/mol. The average Bonchev–Trinajstić information content (AvgIpc) is 3.41. The van der Waals surface area contributed by atoms with Crippen LogP contribution in [0.1, 0.15) is 380 Å². The highest BCUT2D eigenvalue weighted by molar-refractivity contribution is 5.71. The summed E-state index contributed by atoms with van der Waals surface area (Å²) < 4.78 is 16.9. The summed E-state index contributed by atoms with van der Waals surface area (Å²) >= 11 is 0. The van der Waals surface area contributed by atoms with E-state index in [-0.39, 0.29) is 31.1 Å². The standard InChI is InChI=1S/C69H130O6/c1-4-7-10-13-16-19-22-25-27-29-31-32-33-34-35-36-37-39-40-42-44-47-50-53-56-59-62-68(71)74-65-66(64-73-67(70)61-58-55-52-49-46-24-21-18-15-12-9-6-3)75-69(72)63-60-57-54-51-48-45-43-41-38-30-28-26-23-20-17-14-11-8-5-2/h18,21,26,28,66H,4-17,19-20,22-25,27,29-65H2,1-3H3/b21-18-,28-26-. The lowest BCUT2D eigenvalue weighted by Gasteiger charge is -2.18. The van der Waals surface area contributed by atoms with Crippen LogP contribution in [0.3, 0.4) is 0 Å². The minimum absolute atomic E-state index is 0.0696. The van der Waals surface area contributed by atoms with Crippen molar-refractivity contribution in [1.29, 1.82) is 0 Å². The van der Waals surface area contributed by atoms with Gasteiger partial charge in [0.2, 0.25) is 0 Å². The molecule has 0 aromatic rings. The van der Waals surface area contributed by atoms with Crippen LogP contribution in [0.5, 0.6) is 0 Å². The molecule has 442 valence electrons. The van der Waals surface area contributed by atoms with Gasteiger partial charge in [-0.15, -0.1) is 0 Å². The van der Waals surface area contributed by atoms with E-state index in [1.807, 2.05) is 0 Å². The van der Waals surface area contributed by atoms with Crippen LogP contribution in [-0.2, 0) is 28.6 Å². The molecule has 0 radical (unpaired) electrons. The van der Waals surface area contributed by atoms with Crippen LogP contribution in [0.2, 0.25) is 0 Å². The SMILES string of the molecule is CCCCC/C=C\CCCCCCCC(=O)OCC(COC(=O)CCCCCCCCCCCCCCCCCCCCCCCCCCCC)OC(=O)CCCCCCCCCCC/C=C\CCCCCCCC. The maximum absolute atomic E-state index is 12.9. The van der Waals surface area contributed by atoms with Crippen molar-refractivity contribution in [3.63, 3.8) is 0 Å². The van der Waals surface area contributed by atoms with Gasteiger partial charge in [0.1, 0.15) is 13.2 Å². The summed E-state index contributed by atoms with van der Waals surface area (Å²) in [5.41, 5.74) is 0. The molecule has 0 amide bonds. The Balaban J connectivity index is 4.19. The van der Waals surface area contributed by atoms with Gasteiger partial charge < -0.3 is 14.2 Å². The minimum Gasteiger partial charge on any atom is -0.462 e. The second kappa shape index (κ2) is 64.4. The molecule has 0 fully saturated rings. The van der Waals surface area contributed by atoms with Crippen LogP contribution >= 0.6 is 0 Å². The van der Waals surface area contributed by atoms with E-state index >= 15 is 0 Å². The van der Waals surface area contributed by atoms with Gasteiger partial charge in [0.25, 0.3) is 0 Å². The first-order valence-corrected chi connectivity index (χ1v) is 33.8. The Morgan fingerprint density at radius 3 is 0.693 bits per heavy atom. The molecule has 0 spiro atoms. The van der Waals surface area contributed by atoms with Crippen LogP contribution in [0, 0.1) is 0 Å². The first-order chi connectivity index (χ1) is 37.0. The van der Waals surface area contributed by atoms with Crippen LogP contribution < -0.4 is 0 Å². The zero-order valence-corrected chi connectivity index (χ0v) is 50.8. The van der Waals surface area contributed by atoms with Gasteiger partial charge in [-0.25, -0.2) is 0 Å². The molecule has 0 N–H and O–H groups in total. The minimum atomic E-state index is -0.773. The van der Waals surface area contributed by atoms with Crippen molar-refractivity contribution in [2.45, 2.75) is 386 Å². The van der Waals surface area contributed by atoms with Crippen LogP contribution in [0.4, 0.5) is 0 Å². The summed E-state index contributed by atoms with van der Waals surface area (Å²) in [6.07, 6.45) is 77.8. The monoisotopic (exact) mass is 1050 g/mol. The van der Waals surface area contributed by atoms with E-state index in [1.165, 1.54) is 276 Å². The van der Waals surface area contributed by atoms with Gasteiger partial charge in [-0.1, -0.05) is 315 Å². The number of allylic oxidation sites excluding steroid dienone is 4. The van der Waals surface area contributed by atoms with Crippen molar-refractivity contribution in [2.24, 2.45) is 0 Å². The Labute approximate surface area is 468 Å². The van der Waals surface area contributed by atoms with Crippen LogP contribution in [0.25, 0.3) is 0 Å². The van der Waals surface area contributed by atoms with Crippen LogP contribution in [-0.4, -0.2) is 37.2 Å². The Morgan fingerprint density at radius 2 is 0.440 bits per heavy atom. The summed E-state index contributed by atoms with van der Waals surface area (Å²) in [5.74, 6) is -0.854. The number of esters is 3. The van der Waals surface area contributed by atoms with Gasteiger partial charge in [0, 0.05) is 19.3 Å². The lowest BCUT2D eigenvalue weighted by molar-refractivity contribution is -0.167. The number of hydrogen-bond donors (Lipinski definition) is 0. The Bertz CT molecular complexity index is 1210. The molecule has 6 heteroatoms. The Kier molecular flexibility index (Phi) is 62.6. The molecule has 0 saturated heterocycles. The fourth-order valence-electron chi connectivity index (χ4n) is 10.3. The summed E-state index contributed by atoms with van der Waals surface area (Å²) in [6, 6.07) is 0. The normalized spacial score (nSPS) is 12.1. The summed E-state index contributed by atoms with van der Waals surface area (Å²) in [5, 5.41) is 0. The number of ether oxygens (including phenoxy) is 3. The molecule has 1 atom stereocenters. The van der Waals surface area contributed by atoms with E-state index in [0.29, 0.717) is 19.3 Å². The summed E-state index contributed by atoms with van der Waals surface area (Å²) in [6.45, 7) is 6.67. The van der Waals surface area contributed by atoms with Gasteiger partial charge in [0.15, 0.2) is 6.10 Å². The molecule has 0 aromatic carbocycles. The third-order valence-corrected chi connectivity index (χ3v) is 15.4. The quantitative estimate of drug-likeness (QED) is 0.0261. The molecule has 0 heterocycles. The highest BCUT2D eigenvalue weighted by Crippen LogP contribution is 2.18. The largest absolute Gasteiger partial charge is 0.462 e. The predicted octanol–water partition coefficient (Wildman–Crippen LogP) is 23.0. The lowest BCUT2D eigenvalue weighted by atomic mass is 10.0. The smallest absolute Gasteiger partial charge is 0.306 e. The zero-order valence-electron chi connectivity index (χ0n) is 50.8. The molecule has 0 aromatic heterocycles. The first kappa shape index (κ1) is 72.9. The Morgan fingerprint density at radius 1 is 0.253 bits per heavy atom. The highest BCUT2D eigenvalue weighted by Gasteiger charge is 2.19. The van der Waals surface area contributed by atoms with E-state index in [0.717, 1.165) is 64.2 Å². The molecule has 0 saturated carbocycles. The van der Waals surface area contributed by atoms with Crippen molar-refractivity contribution in [3.05, 3.63) is 24.3 Å². The maximum atomic E-state index is 12.9. The first-order valence-electron chi connectivity index (χ1n) is 33.8. The Hall–Kier alpha value is -2.11. The molecule has 75 heavy (non-hydrogen) atoms. The summed E-state index contributed by atoms with van der Waals surface area (Å²) in [7, 11) is 0. The topological polar surface area (TPSA) is 78.9 Å². The van der Waals surface area contributed by atoms with E-state index in [4.69, 9.17) is 14.2 Å². The second-order valence-electron chi connectivity index (χ2n) is 23.1.